The molecule has 26 heavy (non-hydrogen) atoms. The minimum Gasteiger partial charge on any atom is -0.338 e. The van der Waals surface area contributed by atoms with Crippen molar-refractivity contribution in [1.29, 1.82) is 0 Å². The highest BCUT2D eigenvalue weighted by atomic mass is 32.1. The van der Waals surface area contributed by atoms with Crippen molar-refractivity contribution in [2.45, 2.75) is 33.2 Å². The standard InChI is InChI=1S/C17H22FN5O2S/c1-4-10(3)13(20-16(25)19-5-2)14(24)21-17-23-22-15(26-17)11-6-8-12(18)9-7-11/h6-10,13H,4-5H2,1-3H3,(H2,19,20,25)(H,21,23,24)/t10-,13+/m1/s1. The molecule has 0 unspecified atom stereocenters. The summed E-state index contributed by atoms with van der Waals surface area (Å²) in [5.41, 5.74) is 0.711. The molecule has 0 saturated carbocycles. The fourth-order valence-electron chi connectivity index (χ4n) is 2.22. The van der Waals surface area contributed by atoms with Gasteiger partial charge in [0, 0.05) is 12.1 Å². The SMILES string of the molecule is CCNC(=O)N[C@H](C(=O)Nc1nnc(-c2ccc(F)cc2)s1)[C@H](C)CC. The second kappa shape index (κ2) is 9.23. The summed E-state index contributed by atoms with van der Waals surface area (Å²) in [6.45, 7) is 6.11. The normalized spacial score (nSPS) is 12.9. The average Bonchev–Trinajstić information content (AvgIpc) is 3.08. The molecule has 140 valence electrons. The molecule has 0 saturated heterocycles. The number of anilines is 1. The summed E-state index contributed by atoms with van der Waals surface area (Å²) >= 11 is 1.18. The van der Waals surface area contributed by atoms with Gasteiger partial charge in [-0.3, -0.25) is 10.1 Å². The van der Waals surface area contributed by atoms with E-state index < -0.39 is 12.1 Å². The largest absolute Gasteiger partial charge is 0.338 e. The summed E-state index contributed by atoms with van der Waals surface area (Å²) in [7, 11) is 0. The molecule has 0 spiro atoms. The molecule has 2 rings (SSSR count). The second-order valence-corrected chi connectivity index (χ2v) is 6.75. The van der Waals surface area contributed by atoms with Crippen LogP contribution in [0.1, 0.15) is 27.2 Å². The molecule has 0 aliphatic rings. The maximum absolute atomic E-state index is 13.0. The van der Waals surface area contributed by atoms with Gasteiger partial charge in [-0.05, 0) is 37.1 Å². The number of nitrogens with one attached hydrogen (secondary N) is 3. The highest BCUT2D eigenvalue weighted by molar-refractivity contribution is 7.18. The second-order valence-electron chi connectivity index (χ2n) is 5.78. The molecule has 0 radical (unpaired) electrons. The van der Waals surface area contributed by atoms with Crippen LogP contribution >= 0.6 is 11.3 Å². The smallest absolute Gasteiger partial charge is 0.315 e. The van der Waals surface area contributed by atoms with E-state index in [0.29, 0.717) is 22.2 Å². The average molecular weight is 379 g/mol. The number of hydrogen-bond donors (Lipinski definition) is 3. The van der Waals surface area contributed by atoms with E-state index in [2.05, 4.69) is 26.1 Å². The molecule has 2 aromatic rings. The topological polar surface area (TPSA) is 96.0 Å². The zero-order chi connectivity index (χ0) is 19.1. The van der Waals surface area contributed by atoms with Gasteiger partial charge in [0.1, 0.15) is 16.9 Å². The zero-order valence-electron chi connectivity index (χ0n) is 14.9. The van der Waals surface area contributed by atoms with Crippen molar-refractivity contribution in [3.63, 3.8) is 0 Å². The third-order valence-corrected chi connectivity index (χ3v) is 4.75. The first-order valence-electron chi connectivity index (χ1n) is 8.39. The number of carbonyl (C=O) groups is 2. The minimum atomic E-state index is -0.690. The molecular formula is C17H22FN5O2S. The third-order valence-electron chi connectivity index (χ3n) is 3.87. The van der Waals surface area contributed by atoms with E-state index in [0.717, 1.165) is 6.42 Å². The van der Waals surface area contributed by atoms with Crippen molar-refractivity contribution in [2.24, 2.45) is 5.92 Å². The maximum Gasteiger partial charge on any atom is 0.315 e. The predicted octanol–water partition coefficient (Wildman–Crippen LogP) is 3.02. The molecule has 1 heterocycles. The summed E-state index contributed by atoms with van der Waals surface area (Å²) in [5.74, 6) is -0.742. The van der Waals surface area contributed by atoms with E-state index in [1.54, 1.807) is 19.1 Å². The number of hydrogen-bond acceptors (Lipinski definition) is 5. The van der Waals surface area contributed by atoms with Crippen LogP contribution in [0.5, 0.6) is 0 Å². The molecular weight excluding hydrogens is 357 g/mol. The van der Waals surface area contributed by atoms with Crippen molar-refractivity contribution in [2.75, 3.05) is 11.9 Å². The molecule has 2 atom stereocenters. The van der Waals surface area contributed by atoms with Gasteiger partial charge in [0.05, 0.1) is 0 Å². The number of benzene rings is 1. The summed E-state index contributed by atoms with van der Waals surface area (Å²) in [5, 5.41) is 16.9. The molecule has 1 aromatic carbocycles. The number of amides is 3. The van der Waals surface area contributed by atoms with E-state index in [1.165, 1.54) is 23.5 Å². The first-order valence-corrected chi connectivity index (χ1v) is 9.20. The van der Waals surface area contributed by atoms with Crippen molar-refractivity contribution in [1.82, 2.24) is 20.8 Å². The van der Waals surface area contributed by atoms with Crippen LogP contribution in [0.2, 0.25) is 0 Å². The van der Waals surface area contributed by atoms with Crippen LogP contribution in [0.15, 0.2) is 24.3 Å². The minimum absolute atomic E-state index is 0.0536. The fraction of sp³-hybridized carbons (Fsp3) is 0.412. The van der Waals surface area contributed by atoms with Gasteiger partial charge < -0.3 is 10.6 Å². The molecule has 0 fully saturated rings. The number of halogens is 1. The van der Waals surface area contributed by atoms with Crippen LogP contribution in [-0.2, 0) is 4.79 Å². The Morgan fingerprint density at radius 2 is 1.88 bits per heavy atom. The van der Waals surface area contributed by atoms with Crippen LogP contribution in [-0.4, -0.2) is 34.7 Å². The first-order chi connectivity index (χ1) is 12.4. The fourth-order valence-corrected chi connectivity index (χ4v) is 2.97. The highest BCUT2D eigenvalue weighted by Crippen LogP contribution is 2.26. The predicted molar refractivity (Wildman–Crippen MR) is 99.4 cm³/mol. The Labute approximate surface area is 155 Å². The van der Waals surface area contributed by atoms with Crippen LogP contribution in [0.4, 0.5) is 14.3 Å². The summed E-state index contributed by atoms with van der Waals surface area (Å²) < 4.78 is 13.0. The van der Waals surface area contributed by atoms with Crippen molar-refractivity contribution < 1.29 is 14.0 Å². The van der Waals surface area contributed by atoms with Gasteiger partial charge in [-0.1, -0.05) is 31.6 Å². The van der Waals surface area contributed by atoms with Crippen LogP contribution < -0.4 is 16.0 Å². The first kappa shape index (κ1) is 19.8. The van der Waals surface area contributed by atoms with E-state index >= 15 is 0 Å². The Morgan fingerprint density at radius 3 is 2.50 bits per heavy atom. The number of nitrogens with zero attached hydrogens (tertiary/aromatic N) is 2. The Morgan fingerprint density at radius 1 is 1.19 bits per heavy atom. The Bertz CT molecular complexity index is 750. The van der Waals surface area contributed by atoms with Crippen LogP contribution in [0.25, 0.3) is 10.6 Å². The molecule has 3 N–H and O–H groups in total. The molecule has 0 aliphatic carbocycles. The van der Waals surface area contributed by atoms with Crippen LogP contribution in [0, 0.1) is 11.7 Å². The Balaban J connectivity index is 2.08. The molecule has 1 aromatic heterocycles. The van der Waals surface area contributed by atoms with Gasteiger partial charge in [-0.25, -0.2) is 9.18 Å². The van der Waals surface area contributed by atoms with Crippen molar-refractivity contribution in [3.8, 4) is 10.6 Å². The molecule has 9 heteroatoms. The van der Waals surface area contributed by atoms with E-state index in [1.807, 2.05) is 13.8 Å². The molecule has 3 amide bonds. The van der Waals surface area contributed by atoms with Gasteiger partial charge in [0.15, 0.2) is 0 Å². The van der Waals surface area contributed by atoms with E-state index in [9.17, 15) is 14.0 Å². The lowest BCUT2D eigenvalue weighted by Gasteiger charge is -2.22. The van der Waals surface area contributed by atoms with Gasteiger partial charge in [0.2, 0.25) is 11.0 Å². The third kappa shape index (κ3) is 5.22. The van der Waals surface area contributed by atoms with Gasteiger partial charge in [0.25, 0.3) is 0 Å². The Kier molecular flexibility index (Phi) is 7.02. The lowest BCUT2D eigenvalue weighted by Crippen LogP contribution is -2.51. The van der Waals surface area contributed by atoms with E-state index in [-0.39, 0.29) is 17.6 Å². The zero-order valence-corrected chi connectivity index (χ0v) is 15.7. The van der Waals surface area contributed by atoms with Crippen LogP contribution in [0.3, 0.4) is 0 Å². The van der Waals surface area contributed by atoms with Gasteiger partial charge >= 0.3 is 6.03 Å². The lowest BCUT2D eigenvalue weighted by atomic mass is 9.98. The highest BCUT2D eigenvalue weighted by Gasteiger charge is 2.26. The number of rotatable bonds is 7. The molecule has 0 aliphatic heterocycles. The quantitative estimate of drug-likeness (QED) is 0.689. The lowest BCUT2D eigenvalue weighted by molar-refractivity contribution is -0.119. The number of carbonyl (C=O) groups excluding carboxylic acids is 2. The Hall–Kier alpha value is -2.55. The van der Waals surface area contributed by atoms with Gasteiger partial charge in [-0.2, -0.15) is 0 Å². The summed E-state index contributed by atoms with van der Waals surface area (Å²) in [6, 6.07) is 4.79. The van der Waals surface area contributed by atoms with Crippen molar-refractivity contribution >= 4 is 28.4 Å². The summed E-state index contributed by atoms with van der Waals surface area (Å²) in [6.07, 6.45) is 0.724. The monoisotopic (exact) mass is 379 g/mol. The molecule has 0 bridgehead atoms. The van der Waals surface area contributed by atoms with Gasteiger partial charge in [-0.15, -0.1) is 10.2 Å². The number of urea groups is 1. The summed E-state index contributed by atoms with van der Waals surface area (Å²) in [4.78, 5) is 24.4. The number of aromatic nitrogens is 2. The molecule has 7 nitrogen and oxygen atoms in total. The van der Waals surface area contributed by atoms with E-state index in [4.69, 9.17) is 0 Å². The maximum atomic E-state index is 13.0. The van der Waals surface area contributed by atoms with Crippen molar-refractivity contribution in [3.05, 3.63) is 30.1 Å².